The van der Waals surface area contributed by atoms with Gasteiger partial charge in [-0.25, -0.2) is 5.43 Å². The first-order valence-corrected chi connectivity index (χ1v) is 7.40. The van der Waals surface area contributed by atoms with Gasteiger partial charge in [-0.1, -0.05) is 11.8 Å². The Morgan fingerprint density at radius 1 is 1.52 bits per heavy atom. The molecule has 0 bridgehead atoms. The Morgan fingerprint density at radius 3 is 2.91 bits per heavy atom. The number of ether oxygens (including phenoxy) is 1. The van der Waals surface area contributed by atoms with E-state index in [2.05, 4.69) is 10.5 Å². The maximum Gasteiger partial charge on any atom is 0.281 e. The number of hydrogen-bond acceptors (Lipinski definition) is 7. The SMILES string of the molecule is CCOc1cc([N+](=O)[O-])cc(/C=N\NC(=O)c2cccs2)c1[O-]. The van der Waals surface area contributed by atoms with Gasteiger partial charge in [0.2, 0.25) is 0 Å². The van der Waals surface area contributed by atoms with Crippen LogP contribution in [0.15, 0.2) is 34.7 Å². The molecule has 1 amide bonds. The molecule has 0 saturated carbocycles. The van der Waals surface area contributed by atoms with Gasteiger partial charge in [-0.05, 0) is 23.9 Å². The van der Waals surface area contributed by atoms with Crippen LogP contribution in [0.25, 0.3) is 0 Å². The van der Waals surface area contributed by atoms with Crippen LogP contribution in [0.5, 0.6) is 11.5 Å². The minimum absolute atomic E-state index is 0.0471. The van der Waals surface area contributed by atoms with Gasteiger partial charge in [0.1, 0.15) is 5.75 Å². The quantitative estimate of drug-likeness (QED) is 0.492. The van der Waals surface area contributed by atoms with Gasteiger partial charge in [0.25, 0.3) is 11.6 Å². The van der Waals surface area contributed by atoms with Gasteiger partial charge in [-0.2, -0.15) is 5.10 Å². The predicted octanol–water partition coefficient (Wildman–Crippen LogP) is 1.89. The summed E-state index contributed by atoms with van der Waals surface area (Å²) in [6.07, 6.45) is 1.06. The zero-order valence-electron chi connectivity index (χ0n) is 12.0. The van der Waals surface area contributed by atoms with E-state index < -0.39 is 16.6 Å². The van der Waals surface area contributed by atoms with E-state index in [1.54, 1.807) is 24.4 Å². The zero-order valence-corrected chi connectivity index (χ0v) is 12.8. The second-order valence-corrected chi connectivity index (χ2v) is 5.18. The third-order valence-electron chi connectivity index (χ3n) is 2.69. The second kappa shape index (κ2) is 7.36. The van der Waals surface area contributed by atoms with Crippen molar-refractivity contribution in [1.29, 1.82) is 0 Å². The molecule has 8 nitrogen and oxygen atoms in total. The van der Waals surface area contributed by atoms with Crippen LogP contribution in [0, 0.1) is 10.1 Å². The van der Waals surface area contributed by atoms with Crippen LogP contribution in [0.1, 0.15) is 22.2 Å². The van der Waals surface area contributed by atoms with Gasteiger partial charge >= 0.3 is 0 Å². The number of hydrazone groups is 1. The molecule has 0 aliphatic rings. The highest BCUT2D eigenvalue weighted by Crippen LogP contribution is 2.31. The van der Waals surface area contributed by atoms with Gasteiger partial charge in [0.05, 0.1) is 28.7 Å². The van der Waals surface area contributed by atoms with Crippen molar-refractivity contribution in [3.05, 3.63) is 50.2 Å². The lowest BCUT2D eigenvalue weighted by molar-refractivity contribution is -0.385. The van der Waals surface area contributed by atoms with Crippen LogP contribution in [0.2, 0.25) is 0 Å². The number of amides is 1. The fourth-order valence-electron chi connectivity index (χ4n) is 1.70. The van der Waals surface area contributed by atoms with Gasteiger partial charge in [0.15, 0.2) is 0 Å². The lowest BCUT2D eigenvalue weighted by Crippen LogP contribution is -2.16. The number of hydrogen-bond donors (Lipinski definition) is 1. The van der Waals surface area contributed by atoms with Crippen LogP contribution in [0.3, 0.4) is 0 Å². The third-order valence-corrected chi connectivity index (χ3v) is 3.56. The summed E-state index contributed by atoms with van der Waals surface area (Å²) in [5.74, 6) is -1.10. The van der Waals surface area contributed by atoms with Gasteiger partial charge in [-0.15, -0.1) is 11.3 Å². The molecule has 1 aromatic heterocycles. The van der Waals surface area contributed by atoms with Gasteiger partial charge in [-0.3, -0.25) is 14.9 Å². The highest BCUT2D eigenvalue weighted by molar-refractivity contribution is 7.12. The average Bonchev–Trinajstić information content (AvgIpc) is 3.05. The van der Waals surface area contributed by atoms with E-state index in [-0.39, 0.29) is 23.6 Å². The Morgan fingerprint density at radius 2 is 2.30 bits per heavy atom. The number of rotatable bonds is 6. The molecule has 1 heterocycles. The smallest absolute Gasteiger partial charge is 0.281 e. The lowest BCUT2D eigenvalue weighted by atomic mass is 10.1. The summed E-state index contributed by atoms with van der Waals surface area (Å²) < 4.78 is 5.09. The number of non-ortho nitro benzene ring substituents is 1. The summed E-state index contributed by atoms with van der Waals surface area (Å²) in [6, 6.07) is 5.47. The summed E-state index contributed by atoms with van der Waals surface area (Å²) >= 11 is 1.24. The van der Waals surface area contributed by atoms with E-state index in [0.29, 0.717) is 4.88 Å². The number of benzene rings is 1. The first kappa shape index (κ1) is 16.4. The number of thiophene rings is 1. The maximum absolute atomic E-state index is 12.1. The van der Waals surface area contributed by atoms with Crippen molar-refractivity contribution >= 4 is 29.1 Å². The van der Waals surface area contributed by atoms with E-state index in [1.165, 1.54) is 11.3 Å². The number of nitrogens with one attached hydrogen (secondary N) is 1. The molecule has 0 aliphatic heterocycles. The van der Waals surface area contributed by atoms with E-state index in [1.807, 2.05) is 0 Å². The van der Waals surface area contributed by atoms with Gasteiger partial charge in [0, 0.05) is 6.07 Å². The highest BCUT2D eigenvalue weighted by Gasteiger charge is 2.12. The van der Waals surface area contributed by atoms with E-state index >= 15 is 0 Å². The van der Waals surface area contributed by atoms with Crippen molar-refractivity contribution in [2.45, 2.75) is 6.92 Å². The fraction of sp³-hybridized carbons (Fsp3) is 0.143. The monoisotopic (exact) mass is 334 g/mol. The van der Waals surface area contributed by atoms with E-state index in [9.17, 15) is 20.0 Å². The van der Waals surface area contributed by atoms with Crippen molar-refractivity contribution in [2.75, 3.05) is 6.61 Å². The normalized spacial score (nSPS) is 10.7. The molecule has 0 unspecified atom stereocenters. The molecule has 0 radical (unpaired) electrons. The number of nitrogens with zero attached hydrogens (tertiary/aromatic N) is 2. The van der Waals surface area contributed by atoms with E-state index in [4.69, 9.17) is 4.74 Å². The zero-order chi connectivity index (χ0) is 16.8. The Balaban J connectivity index is 2.22. The lowest BCUT2D eigenvalue weighted by Gasteiger charge is -2.16. The van der Waals surface area contributed by atoms with Crippen LogP contribution in [0.4, 0.5) is 5.69 Å². The largest absolute Gasteiger partial charge is 0.870 e. The van der Waals surface area contributed by atoms with Crippen molar-refractivity contribution < 1.29 is 19.6 Å². The van der Waals surface area contributed by atoms with Crippen molar-refractivity contribution in [3.8, 4) is 11.5 Å². The molecular weight excluding hydrogens is 322 g/mol. The van der Waals surface area contributed by atoms with Crippen molar-refractivity contribution in [2.24, 2.45) is 5.10 Å². The molecule has 0 fully saturated rings. The van der Waals surface area contributed by atoms with Crippen molar-refractivity contribution in [1.82, 2.24) is 5.43 Å². The molecule has 0 aliphatic carbocycles. The fourth-order valence-corrected chi connectivity index (χ4v) is 2.31. The Labute approximate surface area is 135 Å². The van der Waals surface area contributed by atoms with Crippen LogP contribution >= 0.6 is 11.3 Å². The summed E-state index contributed by atoms with van der Waals surface area (Å²) in [6.45, 7) is 1.86. The van der Waals surface area contributed by atoms with Crippen LogP contribution in [-0.2, 0) is 0 Å². The molecule has 1 N–H and O–H groups in total. The molecule has 2 aromatic rings. The second-order valence-electron chi connectivity index (χ2n) is 4.23. The molecule has 2 rings (SSSR count). The predicted molar refractivity (Wildman–Crippen MR) is 83.1 cm³/mol. The minimum atomic E-state index is -0.635. The standard InChI is InChI=1S/C14H13N3O5S/c1-2-22-11-7-10(17(20)21)6-9(13(11)18)8-15-16-14(19)12-4-3-5-23-12/h3-8,18H,2H2,1H3,(H,16,19)/p-1/b15-8-. The first-order chi connectivity index (χ1) is 11.0. The molecule has 0 spiro atoms. The Kier molecular flexibility index (Phi) is 5.26. The highest BCUT2D eigenvalue weighted by atomic mass is 32.1. The molecule has 23 heavy (non-hydrogen) atoms. The number of nitro groups is 1. The topological polar surface area (TPSA) is 117 Å². The molecule has 0 atom stereocenters. The summed E-state index contributed by atoms with van der Waals surface area (Å²) in [4.78, 5) is 22.4. The molecular formula is C14H12N3O5S-. The summed E-state index contributed by atoms with van der Waals surface area (Å²) in [5.41, 5.74) is 1.91. The number of nitro benzene ring substituents is 1. The Bertz CT molecular complexity index is 743. The van der Waals surface area contributed by atoms with Gasteiger partial charge < -0.3 is 9.84 Å². The summed E-state index contributed by atoms with van der Waals surface area (Å²) in [7, 11) is 0. The van der Waals surface area contributed by atoms with Crippen LogP contribution in [-0.4, -0.2) is 23.7 Å². The molecule has 1 aromatic carbocycles. The first-order valence-electron chi connectivity index (χ1n) is 6.52. The molecule has 120 valence electrons. The summed E-state index contributed by atoms with van der Waals surface area (Å²) in [5, 5.41) is 28.4. The Hall–Kier alpha value is -2.94. The van der Waals surface area contributed by atoms with Crippen LogP contribution < -0.4 is 15.3 Å². The maximum atomic E-state index is 12.1. The molecule has 9 heteroatoms. The molecule has 0 saturated heterocycles. The minimum Gasteiger partial charge on any atom is -0.870 e. The number of carbonyl (C=O) groups is 1. The van der Waals surface area contributed by atoms with Crippen molar-refractivity contribution in [3.63, 3.8) is 0 Å². The number of carbonyl (C=O) groups excluding carboxylic acids is 1. The average molecular weight is 334 g/mol. The van der Waals surface area contributed by atoms with E-state index in [0.717, 1.165) is 18.3 Å². The third kappa shape index (κ3) is 4.04.